The molecule has 332 valence electrons. The highest BCUT2D eigenvalue weighted by Gasteiger charge is 2.36. The van der Waals surface area contributed by atoms with Crippen molar-refractivity contribution in [2.45, 2.75) is 141 Å². The molecule has 2 amide bonds. The first kappa shape index (κ1) is 53.2. The van der Waals surface area contributed by atoms with E-state index in [0.29, 0.717) is 65.0 Å². The van der Waals surface area contributed by atoms with Crippen LogP contribution in [-0.2, 0) is 20.4 Å². The summed E-state index contributed by atoms with van der Waals surface area (Å²) in [6.45, 7) is 11.7. The maximum absolute atomic E-state index is 13.7. The molecule has 58 heavy (non-hydrogen) atoms. The summed E-state index contributed by atoms with van der Waals surface area (Å²) in [5, 5.41) is 38.7. The normalized spacial score (nSPS) is 12.5. The van der Waals surface area contributed by atoms with Crippen molar-refractivity contribution in [1.82, 2.24) is 10.2 Å². The Bertz CT molecular complexity index is 1330. The largest absolute Gasteiger partial charge is 0.633 e. The average molecular weight is 812 g/mol. The van der Waals surface area contributed by atoms with Gasteiger partial charge in [-0.15, -0.1) is 0 Å². The topological polar surface area (TPSA) is 119 Å². The zero-order valence-corrected chi connectivity index (χ0v) is 38.7. The van der Waals surface area contributed by atoms with Gasteiger partial charge in [0.1, 0.15) is 0 Å². The molecule has 0 aromatic heterocycles. The lowest BCUT2D eigenvalue weighted by Crippen LogP contribution is -2.42. The molecular formula is C48H85N5O5. The monoisotopic (exact) mass is 812 g/mol. The summed E-state index contributed by atoms with van der Waals surface area (Å²) in [6.07, 6.45) is 15.3. The van der Waals surface area contributed by atoms with E-state index in [1.807, 2.05) is 17.0 Å². The van der Waals surface area contributed by atoms with E-state index in [1.54, 1.807) is 42.3 Å². The molecule has 0 saturated heterocycles. The SMILES string of the molecule is CCCCC(CCCC)(CC(=O)N(CCC[N+](C)(C)[O-])CCC[N+](C)(C)[O-])c1ccccc1.CCCCC(CCCC)(CC(=O)NCC[N+](C)(C)[O-])c1ccccc1. The fraction of sp³-hybridized carbons (Fsp3) is 0.708. The predicted octanol–water partition coefficient (Wildman–Crippen LogP) is 9.84. The minimum absolute atomic E-state index is 0.0597. The van der Waals surface area contributed by atoms with Gasteiger partial charge in [0, 0.05) is 49.6 Å². The molecule has 2 aromatic carbocycles. The van der Waals surface area contributed by atoms with Crippen molar-refractivity contribution in [2.75, 3.05) is 81.6 Å². The molecule has 10 nitrogen and oxygen atoms in total. The van der Waals surface area contributed by atoms with Crippen molar-refractivity contribution in [3.63, 3.8) is 0 Å². The van der Waals surface area contributed by atoms with Gasteiger partial charge in [0.2, 0.25) is 11.8 Å². The highest BCUT2D eigenvalue weighted by molar-refractivity contribution is 5.78. The lowest BCUT2D eigenvalue weighted by Gasteiger charge is -2.38. The van der Waals surface area contributed by atoms with E-state index in [1.165, 1.54) is 11.1 Å². The molecule has 0 radical (unpaired) electrons. The standard InChI is InChI=1S/C27H49N3O3.C21H36N2O2/c1-7-9-18-27(19-10-8-2,25-16-12-11-13-17-25)24-26(31)28(20-14-22-29(3,4)32)21-15-23-30(5,6)33;1-5-7-14-21(15-8-6-2,19-12-10-9-11-13-19)18-20(24)22-16-17-23(3,4)25/h11-13,16-17H,7-10,14-15,18-24H2,1-6H3;9-13H,5-8,14-18H2,1-4H3,(H,22,24). The third-order valence-corrected chi connectivity index (χ3v) is 11.4. The minimum atomic E-state index is -0.379. The van der Waals surface area contributed by atoms with Gasteiger partial charge in [-0.2, -0.15) is 0 Å². The van der Waals surface area contributed by atoms with Crippen LogP contribution in [0.15, 0.2) is 60.7 Å². The van der Waals surface area contributed by atoms with Crippen LogP contribution < -0.4 is 5.32 Å². The van der Waals surface area contributed by atoms with E-state index in [0.717, 1.165) is 77.0 Å². The lowest BCUT2D eigenvalue weighted by molar-refractivity contribution is -0.840. The molecule has 0 heterocycles. The highest BCUT2D eigenvalue weighted by Crippen LogP contribution is 2.40. The van der Waals surface area contributed by atoms with Gasteiger partial charge in [-0.3, -0.25) is 9.59 Å². The second kappa shape index (κ2) is 27.1. The number of hydrogen-bond donors (Lipinski definition) is 1. The van der Waals surface area contributed by atoms with Crippen molar-refractivity contribution in [1.29, 1.82) is 0 Å². The number of hydroxylamine groups is 9. The molecule has 0 fully saturated rings. The Hall–Kier alpha value is -2.86. The van der Waals surface area contributed by atoms with Crippen LogP contribution in [0.2, 0.25) is 0 Å². The number of rotatable bonds is 29. The van der Waals surface area contributed by atoms with Gasteiger partial charge in [0.25, 0.3) is 0 Å². The molecule has 10 heteroatoms. The number of nitrogens with one attached hydrogen (secondary N) is 1. The molecule has 1 N–H and O–H groups in total. The second-order valence-corrected chi connectivity index (χ2v) is 18.4. The number of amides is 2. The number of carbonyl (C=O) groups is 2. The Labute approximate surface area is 354 Å². The Morgan fingerprint density at radius 1 is 0.534 bits per heavy atom. The summed E-state index contributed by atoms with van der Waals surface area (Å²) in [5.74, 6) is 0.211. The number of hydrogen-bond acceptors (Lipinski definition) is 5. The fourth-order valence-electron chi connectivity index (χ4n) is 7.91. The van der Waals surface area contributed by atoms with Crippen LogP contribution in [0.5, 0.6) is 0 Å². The number of benzene rings is 2. The number of likely N-dealkylation sites (N-methyl/N-ethyl adjacent to an activating group) is 1. The van der Waals surface area contributed by atoms with E-state index in [2.05, 4.69) is 81.5 Å². The Morgan fingerprint density at radius 3 is 1.21 bits per heavy atom. The fourth-order valence-corrected chi connectivity index (χ4v) is 7.91. The van der Waals surface area contributed by atoms with E-state index < -0.39 is 0 Å². The number of unbranched alkanes of at least 4 members (excludes halogenated alkanes) is 4. The third kappa shape index (κ3) is 22.5. The summed E-state index contributed by atoms with van der Waals surface area (Å²) in [6, 6.07) is 21.0. The summed E-state index contributed by atoms with van der Waals surface area (Å²) in [5.41, 5.74) is 2.27. The zero-order valence-electron chi connectivity index (χ0n) is 38.7. The third-order valence-electron chi connectivity index (χ3n) is 11.4. The quantitative estimate of drug-likeness (QED) is 0.0649. The van der Waals surface area contributed by atoms with Crippen molar-refractivity contribution in [3.05, 3.63) is 87.4 Å². The first-order valence-electron chi connectivity index (χ1n) is 22.5. The maximum atomic E-state index is 13.7. The summed E-state index contributed by atoms with van der Waals surface area (Å²) >= 11 is 0. The van der Waals surface area contributed by atoms with E-state index in [9.17, 15) is 25.2 Å². The molecule has 0 aliphatic heterocycles. The van der Waals surface area contributed by atoms with Gasteiger partial charge >= 0.3 is 0 Å². The smallest absolute Gasteiger partial charge is 0.223 e. The van der Waals surface area contributed by atoms with Gasteiger partial charge in [0.05, 0.1) is 68.5 Å². The van der Waals surface area contributed by atoms with Crippen LogP contribution >= 0.6 is 0 Å². The van der Waals surface area contributed by atoms with Crippen LogP contribution in [0.4, 0.5) is 0 Å². The van der Waals surface area contributed by atoms with Crippen LogP contribution in [-0.4, -0.2) is 112 Å². The van der Waals surface area contributed by atoms with Gasteiger partial charge in [-0.1, -0.05) is 140 Å². The molecular weight excluding hydrogens is 727 g/mol. The maximum Gasteiger partial charge on any atom is 0.223 e. The van der Waals surface area contributed by atoms with Crippen molar-refractivity contribution >= 4 is 11.8 Å². The Balaban J connectivity index is 0.000000602. The molecule has 0 saturated carbocycles. The van der Waals surface area contributed by atoms with Gasteiger partial charge in [-0.25, -0.2) is 0 Å². The van der Waals surface area contributed by atoms with E-state index in [4.69, 9.17) is 0 Å². The molecule has 0 unspecified atom stereocenters. The first-order chi connectivity index (χ1) is 27.3. The lowest BCUT2D eigenvalue weighted by atomic mass is 9.70. The van der Waals surface area contributed by atoms with Crippen LogP contribution in [0.1, 0.15) is 142 Å². The van der Waals surface area contributed by atoms with Crippen LogP contribution in [0.25, 0.3) is 0 Å². The highest BCUT2D eigenvalue weighted by atomic mass is 16.5. The zero-order chi connectivity index (χ0) is 43.7. The Kier molecular flexibility index (Phi) is 24.8. The number of carbonyl (C=O) groups excluding carboxylic acids is 2. The van der Waals surface area contributed by atoms with Gasteiger partial charge in [-0.05, 0) is 36.8 Å². The number of nitrogens with zero attached hydrogens (tertiary/aromatic N) is 4. The molecule has 0 aliphatic carbocycles. The second-order valence-electron chi connectivity index (χ2n) is 18.4. The van der Waals surface area contributed by atoms with Crippen molar-refractivity contribution in [2.24, 2.45) is 0 Å². The molecule has 0 spiro atoms. The molecule has 0 aliphatic rings. The molecule has 2 rings (SSSR count). The summed E-state index contributed by atoms with van der Waals surface area (Å²) in [4.78, 5) is 28.3. The molecule has 0 bridgehead atoms. The van der Waals surface area contributed by atoms with Crippen LogP contribution in [0.3, 0.4) is 0 Å². The van der Waals surface area contributed by atoms with E-state index >= 15 is 0 Å². The van der Waals surface area contributed by atoms with E-state index in [-0.39, 0.29) is 36.6 Å². The van der Waals surface area contributed by atoms with Gasteiger partial charge < -0.3 is 39.8 Å². The van der Waals surface area contributed by atoms with Gasteiger partial charge in [0.15, 0.2) is 0 Å². The molecule has 0 atom stereocenters. The Morgan fingerprint density at radius 2 is 0.879 bits per heavy atom. The van der Waals surface area contributed by atoms with Crippen molar-refractivity contribution < 1.29 is 23.5 Å². The van der Waals surface area contributed by atoms with Crippen molar-refractivity contribution in [3.8, 4) is 0 Å². The summed E-state index contributed by atoms with van der Waals surface area (Å²) < 4.78 is -1.09. The predicted molar refractivity (Wildman–Crippen MR) is 243 cm³/mol. The molecule has 2 aromatic rings. The first-order valence-corrected chi connectivity index (χ1v) is 22.5. The summed E-state index contributed by atoms with van der Waals surface area (Å²) in [7, 11) is 9.75. The minimum Gasteiger partial charge on any atom is -0.633 e. The van der Waals surface area contributed by atoms with Crippen LogP contribution in [0, 0.1) is 15.6 Å². The number of quaternary nitrogens is 3. The average Bonchev–Trinajstić information content (AvgIpc) is 3.16.